The van der Waals surface area contributed by atoms with E-state index in [9.17, 15) is 9.59 Å². The maximum Gasteiger partial charge on any atom is 0.343 e. The largest absolute Gasteiger partial charge is 0.489 e. The second kappa shape index (κ2) is 7.93. The van der Waals surface area contributed by atoms with Crippen molar-refractivity contribution in [1.29, 1.82) is 0 Å². The lowest BCUT2D eigenvalue weighted by Crippen LogP contribution is -2.08. The summed E-state index contributed by atoms with van der Waals surface area (Å²) in [7, 11) is 0. The second-order valence-corrected chi connectivity index (χ2v) is 5.38. The predicted molar refractivity (Wildman–Crippen MR) is 94.0 cm³/mol. The first-order chi connectivity index (χ1) is 12.2. The zero-order chi connectivity index (χ0) is 17.5. The molecule has 3 aromatic carbocycles. The standard InChI is InChI=1S/C21H16O4/c22-14-17-5-4-8-20(13-17)24-15-16-9-11-18(12-10-16)21(23)25-19-6-2-1-3-7-19/h1-14H,15H2. The van der Waals surface area contributed by atoms with Gasteiger partial charge in [0.1, 0.15) is 24.4 Å². The highest BCUT2D eigenvalue weighted by molar-refractivity contribution is 5.91. The van der Waals surface area contributed by atoms with Crippen molar-refractivity contribution in [3.05, 3.63) is 95.6 Å². The predicted octanol–water partition coefficient (Wildman–Crippen LogP) is 4.30. The van der Waals surface area contributed by atoms with Crippen LogP contribution >= 0.6 is 0 Å². The number of rotatable bonds is 6. The molecule has 3 aromatic rings. The van der Waals surface area contributed by atoms with E-state index in [0.717, 1.165) is 11.8 Å². The summed E-state index contributed by atoms with van der Waals surface area (Å²) >= 11 is 0. The van der Waals surface area contributed by atoms with Crippen LogP contribution in [-0.2, 0) is 6.61 Å². The Bertz CT molecular complexity index is 855. The fourth-order valence-electron chi connectivity index (χ4n) is 2.24. The molecular weight excluding hydrogens is 316 g/mol. The molecule has 3 rings (SSSR count). The molecule has 0 amide bonds. The second-order valence-electron chi connectivity index (χ2n) is 5.38. The molecular formula is C21H16O4. The molecule has 0 N–H and O–H groups in total. The van der Waals surface area contributed by atoms with Crippen molar-refractivity contribution >= 4 is 12.3 Å². The van der Waals surface area contributed by atoms with E-state index in [2.05, 4.69) is 0 Å². The lowest BCUT2D eigenvalue weighted by Gasteiger charge is -2.08. The number of esters is 1. The van der Waals surface area contributed by atoms with Crippen molar-refractivity contribution < 1.29 is 19.1 Å². The summed E-state index contributed by atoms with van der Waals surface area (Å²) < 4.78 is 10.9. The summed E-state index contributed by atoms with van der Waals surface area (Å²) in [4.78, 5) is 22.9. The molecule has 25 heavy (non-hydrogen) atoms. The monoisotopic (exact) mass is 332 g/mol. The molecule has 0 aliphatic carbocycles. The smallest absolute Gasteiger partial charge is 0.343 e. The average molecular weight is 332 g/mol. The van der Waals surface area contributed by atoms with E-state index in [-0.39, 0.29) is 0 Å². The summed E-state index contributed by atoms with van der Waals surface area (Å²) in [5, 5.41) is 0. The first-order valence-corrected chi connectivity index (χ1v) is 7.79. The van der Waals surface area contributed by atoms with E-state index in [1.165, 1.54) is 0 Å². The molecule has 0 saturated heterocycles. The molecule has 0 bridgehead atoms. The van der Waals surface area contributed by atoms with Crippen molar-refractivity contribution in [3.8, 4) is 11.5 Å². The van der Waals surface area contributed by atoms with Crippen LogP contribution in [0.5, 0.6) is 11.5 Å². The lowest BCUT2D eigenvalue weighted by atomic mass is 10.1. The zero-order valence-electron chi connectivity index (χ0n) is 13.4. The number of carbonyl (C=O) groups excluding carboxylic acids is 2. The molecule has 0 spiro atoms. The van der Waals surface area contributed by atoms with Gasteiger partial charge in [0.2, 0.25) is 0 Å². The van der Waals surface area contributed by atoms with Crippen molar-refractivity contribution in [3.63, 3.8) is 0 Å². The molecule has 4 nitrogen and oxygen atoms in total. The molecule has 124 valence electrons. The third kappa shape index (κ3) is 4.54. The van der Waals surface area contributed by atoms with Gasteiger partial charge in [0.25, 0.3) is 0 Å². The highest BCUT2D eigenvalue weighted by Gasteiger charge is 2.08. The van der Waals surface area contributed by atoms with Crippen LogP contribution in [0.3, 0.4) is 0 Å². The van der Waals surface area contributed by atoms with Crippen LogP contribution in [0.25, 0.3) is 0 Å². The Morgan fingerprint density at radius 3 is 2.28 bits per heavy atom. The van der Waals surface area contributed by atoms with E-state index < -0.39 is 5.97 Å². The molecule has 0 atom stereocenters. The summed E-state index contributed by atoms with van der Waals surface area (Å²) in [6.07, 6.45) is 0.778. The molecule has 0 unspecified atom stereocenters. The minimum Gasteiger partial charge on any atom is -0.489 e. The Labute approximate surface area is 145 Å². The molecule has 4 heteroatoms. The van der Waals surface area contributed by atoms with Crippen molar-refractivity contribution in [2.45, 2.75) is 6.61 Å². The van der Waals surface area contributed by atoms with E-state index in [4.69, 9.17) is 9.47 Å². The fraction of sp³-hybridized carbons (Fsp3) is 0.0476. The van der Waals surface area contributed by atoms with Gasteiger partial charge in [-0.15, -0.1) is 0 Å². The van der Waals surface area contributed by atoms with E-state index >= 15 is 0 Å². The molecule has 0 aromatic heterocycles. The summed E-state index contributed by atoms with van der Waals surface area (Å²) in [5.74, 6) is 0.726. The van der Waals surface area contributed by atoms with Gasteiger partial charge in [0, 0.05) is 5.56 Å². The van der Waals surface area contributed by atoms with Crippen molar-refractivity contribution in [2.75, 3.05) is 0 Å². The molecule has 0 radical (unpaired) electrons. The number of hydrogen-bond donors (Lipinski definition) is 0. The molecule has 0 fully saturated rings. The Morgan fingerprint density at radius 2 is 1.56 bits per heavy atom. The summed E-state index contributed by atoms with van der Waals surface area (Å²) in [6, 6.07) is 22.9. The normalized spacial score (nSPS) is 10.1. The van der Waals surface area contributed by atoms with Crippen molar-refractivity contribution in [1.82, 2.24) is 0 Å². The summed E-state index contributed by atoms with van der Waals surface area (Å²) in [6.45, 7) is 0.344. The maximum atomic E-state index is 12.1. The van der Waals surface area contributed by atoms with Crippen LogP contribution < -0.4 is 9.47 Å². The Morgan fingerprint density at radius 1 is 0.840 bits per heavy atom. The molecule has 0 saturated carbocycles. The number of benzene rings is 3. The van der Waals surface area contributed by atoms with Gasteiger partial charge in [-0.2, -0.15) is 0 Å². The van der Waals surface area contributed by atoms with Gasteiger partial charge in [-0.3, -0.25) is 4.79 Å². The van der Waals surface area contributed by atoms with Crippen LogP contribution in [0.2, 0.25) is 0 Å². The third-order valence-corrected chi connectivity index (χ3v) is 3.54. The first-order valence-electron chi connectivity index (χ1n) is 7.79. The van der Waals surface area contributed by atoms with Crippen LogP contribution in [0.4, 0.5) is 0 Å². The zero-order valence-corrected chi connectivity index (χ0v) is 13.4. The van der Waals surface area contributed by atoms with Crippen LogP contribution in [0, 0.1) is 0 Å². The van der Waals surface area contributed by atoms with Gasteiger partial charge in [0.15, 0.2) is 0 Å². The fourth-order valence-corrected chi connectivity index (χ4v) is 2.24. The van der Waals surface area contributed by atoms with Gasteiger partial charge in [0.05, 0.1) is 5.56 Å². The number of para-hydroxylation sites is 1. The van der Waals surface area contributed by atoms with Crippen LogP contribution in [-0.4, -0.2) is 12.3 Å². The number of carbonyl (C=O) groups is 2. The highest BCUT2D eigenvalue weighted by atomic mass is 16.5. The Kier molecular flexibility index (Phi) is 5.22. The van der Waals surface area contributed by atoms with Gasteiger partial charge in [-0.05, 0) is 42.0 Å². The van der Waals surface area contributed by atoms with E-state index in [1.807, 2.05) is 30.3 Å². The van der Waals surface area contributed by atoms with E-state index in [1.54, 1.807) is 48.5 Å². The SMILES string of the molecule is O=Cc1cccc(OCc2ccc(C(=O)Oc3ccccc3)cc2)c1. The van der Waals surface area contributed by atoms with Crippen LogP contribution in [0.1, 0.15) is 26.3 Å². The molecule has 0 heterocycles. The van der Waals surface area contributed by atoms with E-state index in [0.29, 0.717) is 29.2 Å². The maximum absolute atomic E-state index is 12.1. The number of aldehydes is 1. The summed E-state index contributed by atoms with van der Waals surface area (Å²) in [5.41, 5.74) is 1.94. The van der Waals surface area contributed by atoms with Crippen LogP contribution in [0.15, 0.2) is 78.9 Å². The number of ether oxygens (including phenoxy) is 2. The Balaban J connectivity index is 1.60. The minimum absolute atomic E-state index is 0.344. The average Bonchev–Trinajstić information content (AvgIpc) is 2.67. The van der Waals surface area contributed by atoms with Crippen molar-refractivity contribution in [2.24, 2.45) is 0 Å². The molecule has 0 aliphatic heterocycles. The quantitative estimate of drug-likeness (QED) is 0.384. The third-order valence-electron chi connectivity index (χ3n) is 3.54. The Hall–Kier alpha value is -3.40. The number of hydrogen-bond acceptors (Lipinski definition) is 4. The van der Waals surface area contributed by atoms with Gasteiger partial charge < -0.3 is 9.47 Å². The van der Waals surface area contributed by atoms with Gasteiger partial charge >= 0.3 is 5.97 Å². The molecule has 0 aliphatic rings. The first kappa shape index (κ1) is 16.5. The topological polar surface area (TPSA) is 52.6 Å². The lowest BCUT2D eigenvalue weighted by molar-refractivity contribution is 0.0734. The van der Waals surface area contributed by atoms with Gasteiger partial charge in [-0.25, -0.2) is 4.79 Å². The highest BCUT2D eigenvalue weighted by Crippen LogP contribution is 2.16. The minimum atomic E-state index is -0.405. The van der Waals surface area contributed by atoms with Gasteiger partial charge in [-0.1, -0.05) is 42.5 Å².